The summed E-state index contributed by atoms with van der Waals surface area (Å²) in [5.74, 6) is 0.732. The molecule has 0 radical (unpaired) electrons. The molecule has 0 atom stereocenters. The van der Waals surface area contributed by atoms with Crippen molar-refractivity contribution in [3.63, 3.8) is 0 Å². The Balaban J connectivity index is 1.40. The minimum atomic E-state index is -3.73. The molecule has 12 heteroatoms. The number of nitrogen functional groups attached to an aromatic ring is 1. The first kappa shape index (κ1) is 22.8. The summed E-state index contributed by atoms with van der Waals surface area (Å²) in [6.45, 7) is 0. The number of carbonyl (C=O) groups is 1. The zero-order valence-corrected chi connectivity index (χ0v) is 19.7. The summed E-state index contributed by atoms with van der Waals surface area (Å²) in [5, 5.41) is 9.26. The number of aromatic nitrogens is 3. The van der Waals surface area contributed by atoms with E-state index in [4.69, 9.17) is 17.3 Å². The van der Waals surface area contributed by atoms with E-state index in [1.807, 2.05) is 0 Å². The van der Waals surface area contributed by atoms with Crippen LogP contribution in [0.25, 0.3) is 11.4 Å². The number of nitrogens with one attached hydrogen (secondary N) is 2. The molecule has 1 aliphatic carbocycles. The Kier molecular flexibility index (Phi) is 5.65. The van der Waals surface area contributed by atoms with Gasteiger partial charge in [0, 0.05) is 28.4 Å². The van der Waals surface area contributed by atoms with Crippen LogP contribution >= 0.6 is 11.6 Å². The molecule has 10 nitrogen and oxygen atoms in total. The molecular weight excluding hydrogens is 492 g/mol. The van der Waals surface area contributed by atoms with Crippen LogP contribution in [0, 0.1) is 0 Å². The van der Waals surface area contributed by atoms with Gasteiger partial charge in [0.1, 0.15) is 16.8 Å². The molecule has 5 rings (SSSR count). The molecule has 0 bridgehead atoms. The summed E-state index contributed by atoms with van der Waals surface area (Å²) in [4.78, 5) is 21.1. The van der Waals surface area contributed by atoms with Crippen LogP contribution in [0.3, 0.4) is 0 Å². The summed E-state index contributed by atoms with van der Waals surface area (Å²) in [5.41, 5.74) is 7.52. The number of carbonyl (C=O) groups excluding carboxylic acids is 1. The van der Waals surface area contributed by atoms with Crippen LogP contribution in [0.15, 0.2) is 76.3 Å². The van der Waals surface area contributed by atoms with Gasteiger partial charge < -0.3 is 15.6 Å². The number of rotatable bonds is 6. The summed E-state index contributed by atoms with van der Waals surface area (Å²) in [7, 11) is -3.73. The van der Waals surface area contributed by atoms with Crippen molar-refractivity contribution in [1.82, 2.24) is 15.1 Å². The van der Waals surface area contributed by atoms with Gasteiger partial charge in [-0.1, -0.05) is 16.8 Å². The lowest BCUT2D eigenvalue weighted by Crippen LogP contribution is -2.23. The first-order chi connectivity index (χ1) is 16.8. The van der Waals surface area contributed by atoms with E-state index >= 15 is 0 Å². The molecule has 1 aliphatic rings. The third-order valence-corrected chi connectivity index (χ3v) is 8.43. The van der Waals surface area contributed by atoms with E-state index in [0.717, 1.165) is 0 Å². The van der Waals surface area contributed by atoms with Crippen molar-refractivity contribution in [3.8, 4) is 11.4 Å². The molecule has 1 saturated carbocycles. The summed E-state index contributed by atoms with van der Waals surface area (Å²) in [6, 6.07) is 15.4. The van der Waals surface area contributed by atoms with Crippen molar-refractivity contribution >= 4 is 44.8 Å². The standard InChI is InChI=1S/C23H19ClN6O4S/c24-15-3-7-17(8-4-15)35(32,33)23(10-11-23)18-13-19(25)28-21(27-18)14-1-5-16(6-2-14)26-22(31)29-20-9-12-34-30-20/h1-9,12-13H,10-11H2,(H2,25,27,28)(H2,26,29,30,31). The van der Waals surface area contributed by atoms with Crippen LogP contribution in [-0.4, -0.2) is 29.6 Å². The highest BCUT2D eigenvalue weighted by Gasteiger charge is 2.57. The van der Waals surface area contributed by atoms with Crippen molar-refractivity contribution in [3.05, 3.63) is 77.6 Å². The summed E-state index contributed by atoms with van der Waals surface area (Å²) < 4.78 is 30.4. The minimum absolute atomic E-state index is 0.164. The molecule has 4 aromatic rings. The van der Waals surface area contributed by atoms with Crippen molar-refractivity contribution in [2.45, 2.75) is 22.5 Å². The van der Waals surface area contributed by atoms with E-state index in [-0.39, 0.29) is 22.4 Å². The number of nitrogens with zero attached hydrogens (tertiary/aromatic N) is 3. The number of nitrogens with two attached hydrogens (primary N) is 1. The Bertz CT molecular complexity index is 1490. The molecule has 4 N–H and O–H groups in total. The number of anilines is 3. The second-order valence-corrected chi connectivity index (χ2v) is 10.7. The van der Waals surface area contributed by atoms with Gasteiger partial charge >= 0.3 is 6.03 Å². The molecule has 0 saturated heterocycles. The predicted octanol–water partition coefficient (Wildman–Crippen LogP) is 4.47. The van der Waals surface area contributed by atoms with Gasteiger partial charge in [0.15, 0.2) is 21.5 Å². The molecule has 0 unspecified atom stereocenters. The van der Waals surface area contributed by atoms with E-state index in [0.29, 0.717) is 34.8 Å². The Hall–Kier alpha value is -3.96. The smallest absolute Gasteiger partial charge is 0.324 e. The van der Waals surface area contributed by atoms with Crippen LogP contribution in [0.5, 0.6) is 0 Å². The highest BCUT2D eigenvalue weighted by Crippen LogP contribution is 2.55. The Labute approximate surface area is 205 Å². The van der Waals surface area contributed by atoms with Gasteiger partial charge in [0.2, 0.25) is 0 Å². The number of benzene rings is 2. The van der Waals surface area contributed by atoms with Crippen molar-refractivity contribution in [2.24, 2.45) is 0 Å². The van der Waals surface area contributed by atoms with Crippen LogP contribution in [0.2, 0.25) is 5.02 Å². The number of amides is 2. The first-order valence-electron chi connectivity index (χ1n) is 10.5. The molecule has 0 aliphatic heterocycles. The zero-order chi connectivity index (χ0) is 24.6. The molecule has 35 heavy (non-hydrogen) atoms. The van der Waals surface area contributed by atoms with E-state index < -0.39 is 20.6 Å². The van der Waals surface area contributed by atoms with Crippen molar-refractivity contribution in [1.29, 1.82) is 0 Å². The molecule has 0 spiro atoms. The normalized spacial score (nSPS) is 14.3. The Morgan fingerprint density at radius 3 is 2.34 bits per heavy atom. The lowest BCUT2D eigenvalue weighted by Gasteiger charge is -2.17. The van der Waals surface area contributed by atoms with Crippen LogP contribution < -0.4 is 16.4 Å². The molecule has 2 aromatic carbocycles. The number of halogens is 1. The monoisotopic (exact) mass is 510 g/mol. The van der Waals surface area contributed by atoms with Crippen molar-refractivity contribution < 1.29 is 17.7 Å². The predicted molar refractivity (Wildman–Crippen MR) is 131 cm³/mol. The van der Waals surface area contributed by atoms with E-state index in [9.17, 15) is 13.2 Å². The fourth-order valence-electron chi connectivity index (χ4n) is 3.70. The van der Waals surface area contributed by atoms with Gasteiger partial charge in [0.25, 0.3) is 0 Å². The van der Waals surface area contributed by atoms with Gasteiger partial charge in [-0.2, -0.15) is 0 Å². The molecule has 2 heterocycles. The van der Waals surface area contributed by atoms with Crippen molar-refractivity contribution in [2.75, 3.05) is 16.4 Å². The zero-order valence-electron chi connectivity index (χ0n) is 18.1. The molecule has 1 fully saturated rings. The van der Waals surface area contributed by atoms with Gasteiger partial charge in [-0.25, -0.2) is 23.2 Å². The summed E-state index contributed by atoms with van der Waals surface area (Å²) >= 11 is 5.92. The second-order valence-electron chi connectivity index (χ2n) is 7.99. The molecule has 2 amide bonds. The van der Waals surface area contributed by atoms with Gasteiger partial charge in [-0.3, -0.25) is 5.32 Å². The number of hydrogen-bond donors (Lipinski definition) is 3. The molecule has 178 valence electrons. The number of sulfone groups is 1. The topological polar surface area (TPSA) is 153 Å². The maximum absolute atomic E-state index is 13.4. The summed E-state index contributed by atoms with van der Waals surface area (Å²) in [6.07, 6.45) is 2.20. The quantitative estimate of drug-likeness (QED) is 0.343. The lowest BCUT2D eigenvalue weighted by molar-refractivity contribution is 0.262. The Morgan fingerprint density at radius 1 is 1.00 bits per heavy atom. The van der Waals surface area contributed by atoms with Gasteiger partial charge in [0.05, 0.1) is 10.6 Å². The fourth-order valence-corrected chi connectivity index (χ4v) is 5.79. The maximum atomic E-state index is 13.4. The van der Waals surface area contributed by atoms with Crippen LogP contribution in [-0.2, 0) is 14.6 Å². The average Bonchev–Trinajstić information content (AvgIpc) is 3.51. The third-order valence-electron chi connectivity index (χ3n) is 5.64. The van der Waals surface area contributed by atoms with Gasteiger partial charge in [-0.05, 0) is 61.4 Å². The molecule has 2 aromatic heterocycles. The molecular formula is C23H19ClN6O4S. The SMILES string of the molecule is Nc1cc(C2(S(=O)(=O)c3ccc(Cl)cc3)CC2)nc(-c2ccc(NC(=O)Nc3ccon3)cc2)n1. The fraction of sp³-hybridized carbons (Fsp3) is 0.130. The second kappa shape index (κ2) is 8.67. The van der Waals surface area contributed by atoms with E-state index in [1.54, 1.807) is 36.4 Å². The average molecular weight is 511 g/mol. The van der Waals surface area contributed by atoms with Crippen LogP contribution in [0.4, 0.5) is 22.1 Å². The number of urea groups is 1. The first-order valence-corrected chi connectivity index (χ1v) is 12.4. The van der Waals surface area contributed by atoms with Gasteiger partial charge in [-0.15, -0.1) is 0 Å². The van der Waals surface area contributed by atoms with Crippen LogP contribution in [0.1, 0.15) is 18.5 Å². The highest BCUT2D eigenvalue weighted by molar-refractivity contribution is 7.92. The van der Waals surface area contributed by atoms with E-state index in [1.165, 1.54) is 30.5 Å². The lowest BCUT2D eigenvalue weighted by atomic mass is 10.1. The third kappa shape index (κ3) is 4.43. The largest absolute Gasteiger partial charge is 0.384 e. The van der Waals surface area contributed by atoms with E-state index in [2.05, 4.69) is 30.3 Å². The number of hydrogen-bond acceptors (Lipinski definition) is 8. The highest BCUT2D eigenvalue weighted by atomic mass is 35.5. The maximum Gasteiger partial charge on any atom is 0.324 e. The Morgan fingerprint density at radius 2 is 1.71 bits per heavy atom. The minimum Gasteiger partial charge on any atom is -0.384 e.